The summed E-state index contributed by atoms with van der Waals surface area (Å²) >= 11 is 18.7. The topological polar surface area (TPSA) is 0 Å². The summed E-state index contributed by atoms with van der Waals surface area (Å²) in [6.45, 7) is 0. The van der Waals surface area contributed by atoms with Crippen LogP contribution in [0.15, 0.2) is 48.3 Å². The standard InChI is InChI=1S/C20H18S10/c1-21-17-18(22-2)28-15(27-17)9-13-11(5-7-25-13)12-6-8-26-14(12)10-16-29-19(23-3)20(24-4)30-16/h5-10H,1-4H3. The lowest BCUT2D eigenvalue weighted by Gasteiger charge is -2.03. The van der Waals surface area contributed by atoms with Crippen molar-refractivity contribution in [3.8, 4) is 11.1 Å². The van der Waals surface area contributed by atoms with E-state index in [9.17, 15) is 0 Å². The highest BCUT2D eigenvalue weighted by Crippen LogP contribution is 2.58. The highest BCUT2D eigenvalue weighted by atomic mass is 32.3. The van der Waals surface area contributed by atoms with Crippen molar-refractivity contribution >= 4 is 129 Å². The number of hydrogen-bond acceptors (Lipinski definition) is 10. The van der Waals surface area contributed by atoms with Gasteiger partial charge in [0.25, 0.3) is 0 Å². The molecule has 0 amide bonds. The maximum absolute atomic E-state index is 2.38. The van der Waals surface area contributed by atoms with Crippen LogP contribution in [0, 0.1) is 0 Å². The summed E-state index contributed by atoms with van der Waals surface area (Å²) in [7, 11) is 0. The Labute approximate surface area is 220 Å². The normalized spacial score (nSPS) is 16.9. The van der Waals surface area contributed by atoms with Gasteiger partial charge in [0.2, 0.25) is 0 Å². The van der Waals surface area contributed by atoms with Crippen molar-refractivity contribution in [1.29, 1.82) is 0 Å². The van der Waals surface area contributed by atoms with Crippen LogP contribution in [0.4, 0.5) is 0 Å². The van der Waals surface area contributed by atoms with Crippen molar-refractivity contribution in [2.45, 2.75) is 0 Å². The molecule has 158 valence electrons. The molecule has 0 nitrogen and oxygen atoms in total. The molecule has 2 aromatic heterocycles. The first-order chi connectivity index (χ1) is 14.7. The van der Waals surface area contributed by atoms with E-state index in [0.29, 0.717) is 0 Å². The fourth-order valence-corrected chi connectivity index (χ4v) is 14.5. The third-order valence-electron chi connectivity index (χ3n) is 4.03. The summed E-state index contributed by atoms with van der Waals surface area (Å²) in [4.78, 5) is 2.70. The molecule has 0 fully saturated rings. The van der Waals surface area contributed by atoms with Crippen LogP contribution >= 0.6 is 117 Å². The van der Waals surface area contributed by atoms with E-state index in [4.69, 9.17) is 0 Å². The van der Waals surface area contributed by atoms with Gasteiger partial charge in [0.15, 0.2) is 0 Å². The number of thioether (sulfide) groups is 8. The molecule has 0 unspecified atom stereocenters. The van der Waals surface area contributed by atoms with Gasteiger partial charge in [-0.05, 0) is 60.1 Å². The summed E-state index contributed by atoms with van der Waals surface area (Å²) in [5.41, 5.74) is 2.70. The molecule has 0 aromatic carbocycles. The molecule has 4 heterocycles. The summed E-state index contributed by atoms with van der Waals surface area (Å²) in [5.74, 6) is 0. The molecule has 0 atom stereocenters. The second-order valence-corrected chi connectivity index (χ2v) is 16.6. The Balaban J connectivity index is 1.59. The van der Waals surface area contributed by atoms with Crippen LogP contribution in [-0.2, 0) is 0 Å². The summed E-state index contributed by atoms with van der Waals surface area (Å²) in [6, 6.07) is 4.55. The van der Waals surface area contributed by atoms with E-state index in [-0.39, 0.29) is 0 Å². The Morgan fingerprint density at radius 1 is 0.567 bits per heavy atom. The molecule has 0 N–H and O–H groups in total. The van der Waals surface area contributed by atoms with E-state index in [2.05, 4.69) is 60.1 Å². The highest BCUT2D eigenvalue weighted by Gasteiger charge is 2.22. The van der Waals surface area contributed by atoms with Gasteiger partial charge in [0, 0.05) is 20.9 Å². The molecular weight excluding hydrogens is 561 g/mol. The van der Waals surface area contributed by atoms with Gasteiger partial charge in [-0.2, -0.15) is 0 Å². The first kappa shape index (κ1) is 24.3. The molecule has 2 aromatic rings. The van der Waals surface area contributed by atoms with Gasteiger partial charge in [0.1, 0.15) is 0 Å². The number of hydrogen-bond donors (Lipinski definition) is 0. The Morgan fingerprint density at radius 2 is 0.900 bits per heavy atom. The Morgan fingerprint density at radius 3 is 1.20 bits per heavy atom. The van der Waals surface area contributed by atoms with Gasteiger partial charge in [0.05, 0.1) is 25.4 Å². The van der Waals surface area contributed by atoms with Gasteiger partial charge in [-0.1, -0.05) is 47.0 Å². The molecule has 0 spiro atoms. The molecule has 4 rings (SSSR count). The van der Waals surface area contributed by atoms with Crippen LogP contribution in [0.25, 0.3) is 23.3 Å². The lowest BCUT2D eigenvalue weighted by molar-refractivity contribution is 1.78. The summed E-state index contributed by atoms with van der Waals surface area (Å²) in [5, 5.41) is 4.44. The Bertz CT molecular complexity index is 929. The van der Waals surface area contributed by atoms with Gasteiger partial charge in [-0.3, -0.25) is 0 Å². The van der Waals surface area contributed by atoms with Crippen molar-refractivity contribution in [3.63, 3.8) is 0 Å². The zero-order chi connectivity index (χ0) is 21.1. The quantitative estimate of drug-likeness (QED) is 0.314. The molecule has 0 radical (unpaired) electrons. The van der Waals surface area contributed by atoms with Gasteiger partial charge >= 0.3 is 0 Å². The second kappa shape index (κ2) is 11.5. The Kier molecular flexibility index (Phi) is 9.34. The molecule has 0 aliphatic carbocycles. The molecular formula is C20H18S10. The maximum atomic E-state index is 2.38. The van der Waals surface area contributed by atoms with Gasteiger partial charge in [-0.15, -0.1) is 69.7 Å². The third-order valence-corrected chi connectivity index (χ3v) is 15.9. The van der Waals surface area contributed by atoms with E-state index in [1.165, 1.54) is 46.3 Å². The molecule has 2 aliphatic heterocycles. The van der Waals surface area contributed by atoms with Crippen molar-refractivity contribution < 1.29 is 0 Å². The van der Waals surface area contributed by atoms with Gasteiger partial charge in [-0.25, -0.2) is 0 Å². The molecule has 2 aliphatic rings. The maximum Gasteiger partial charge on any atom is 0.0657 e. The Hall–Kier alpha value is 1.16. The smallest absolute Gasteiger partial charge is 0.0657 e. The monoisotopic (exact) mass is 578 g/mol. The van der Waals surface area contributed by atoms with Crippen LogP contribution in [0.3, 0.4) is 0 Å². The predicted octanol–water partition coefficient (Wildman–Crippen LogP) is 10.7. The fraction of sp³-hybridized carbons (Fsp3) is 0.200. The van der Waals surface area contributed by atoms with Crippen LogP contribution < -0.4 is 0 Å². The van der Waals surface area contributed by atoms with Crippen molar-refractivity contribution in [1.82, 2.24) is 0 Å². The van der Waals surface area contributed by atoms with Crippen molar-refractivity contribution in [2.24, 2.45) is 0 Å². The largest absolute Gasteiger partial charge is 0.144 e. The lowest BCUT2D eigenvalue weighted by Crippen LogP contribution is -1.77. The summed E-state index contributed by atoms with van der Waals surface area (Å²) < 4.78 is 8.46. The fourth-order valence-electron chi connectivity index (χ4n) is 2.72. The summed E-state index contributed by atoms with van der Waals surface area (Å²) in [6.07, 6.45) is 13.4. The minimum absolute atomic E-state index is 1.35. The van der Waals surface area contributed by atoms with Gasteiger partial charge < -0.3 is 0 Å². The van der Waals surface area contributed by atoms with Crippen LogP contribution in [-0.4, -0.2) is 25.0 Å². The van der Waals surface area contributed by atoms with E-state index in [1.807, 2.05) is 117 Å². The molecule has 10 heteroatoms. The average Bonchev–Trinajstić information content (AvgIpc) is 3.54. The highest BCUT2D eigenvalue weighted by molar-refractivity contribution is 8.41. The molecule has 0 bridgehead atoms. The minimum Gasteiger partial charge on any atom is -0.144 e. The van der Waals surface area contributed by atoms with Crippen molar-refractivity contribution in [3.05, 3.63) is 58.1 Å². The lowest BCUT2D eigenvalue weighted by atomic mass is 10.1. The average molecular weight is 579 g/mol. The molecule has 0 saturated carbocycles. The van der Waals surface area contributed by atoms with Crippen LogP contribution in [0.5, 0.6) is 0 Å². The van der Waals surface area contributed by atoms with E-state index < -0.39 is 0 Å². The van der Waals surface area contributed by atoms with E-state index in [0.717, 1.165) is 0 Å². The molecule has 0 saturated heterocycles. The number of thiophene rings is 2. The zero-order valence-corrected chi connectivity index (χ0v) is 24.7. The second-order valence-electron chi connectivity index (χ2n) is 5.70. The predicted molar refractivity (Wildman–Crippen MR) is 162 cm³/mol. The third kappa shape index (κ3) is 5.45. The van der Waals surface area contributed by atoms with Crippen LogP contribution in [0.1, 0.15) is 9.75 Å². The minimum atomic E-state index is 1.35. The first-order valence-corrected chi connectivity index (χ1v) is 18.5. The van der Waals surface area contributed by atoms with E-state index >= 15 is 0 Å². The van der Waals surface area contributed by atoms with Crippen molar-refractivity contribution in [2.75, 3.05) is 25.0 Å². The first-order valence-electron chi connectivity index (χ1n) is 8.61. The number of rotatable bonds is 7. The SMILES string of the molecule is CSC1=C(SC)SC(=Cc2sccc2-c2ccsc2C=C2SC(SC)=C(SC)S2)S1. The van der Waals surface area contributed by atoms with E-state index in [1.54, 1.807) is 0 Å². The van der Waals surface area contributed by atoms with Crippen LogP contribution in [0.2, 0.25) is 0 Å². The molecule has 30 heavy (non-hydrogen) atoms. The zero-order valence-electron chi connectivity index (χ0n) is 16.5.